The maximum absolute atomic E-state index is 14.1. The summed E-state index contributed by atoms with van der Waals surface area (Å²) in [4.78, 5) is 13.8. The molecular formula is C27H32ClF3N4O4S2. The number of thioether (sulfide) groups is 1. The van der Waals surface area contributed by atoms with Crippen LogP contribution in [0.5, 0.6) is 0 Å². The number of anilines is 1. The number of piperidine rings is 1. The molecule has 41 heavy (non-hydrogen) atoms. The first-order chi connectivity index (χ1) is 19.1. The van der Waals surface area contributed by atoms with E-state index in [0.717, 1.165) is 6.07 Å². The summed E-state index contributed by atoms with van der Waals surface area (Å²) in [7, 11) is -3.74. The van der Waals surface area contributed by atoms with E-state index >= 15 is 0 Å². The Balaban J connectivity index is 1.80. The molecule has 1 fully saturated rings. The number of likely N-dealkylation sites (tertiary alicyclic amines) is 1. The van der Waals surface area contributed by atoms with Crippen molar-refractivity contribution in [2.45, 2.75) is 50.3 Å². The maximum atomic E-state index is 14.1. The molecule has 1 N–H and O–H groups in total. The van der Waals surface area contributed by atoms with Gasteiger partial charge in [0, 0.05) is 18.7 Å². The highest BCUT2D eigenvalue weighted by atomic mass is 35.5. The van der Waals surface area contributed by atoms with Gasteiger partial charge in [-0.05, 0) is 75.6 Å². The van der Waals surface area contributed by atoms with Gasteiger partial charge in [0.15, 0.2) is 16.0 Å². The molecule has 3 rings (SSSR count). The lowest BCUT2D eigenvalue weighted by atomic mass is 9.98. The largest absolute Gasteiger partial charge is 0.444 e. The van der Waals surface area contributed by atoms with Gasteiger partial charge in [0.1, 0.15) is 5.60 Å². The monoisotopic (exact) mass is 632 g/mol. The molecular weight excluding hydrogens is 601 g/mol. The molecule has 1 saturated heterocycles. The zero-order chi connectivity index (χ0) is 30.6. The minimum atomic E-state index is -4.77. The van der Waals surface area contributed by atoms with Crippen LogP contribution in [0.2, 0.25) is 5.02 Å². The van der Waals surface area contributed by atoms with E-state index in [1.165, 1.54) is 47.1 Å². The van der Waals surface area contributed by atoms with Crippen molar-refractivity contribution in [1.29, 1.82) is 5.26 Å². The summed E-state index contributed by atoms with van der Waals surface area (Å²) in [6.07, 6.45) is -0.800. The molecule has 2 aromatic carbocycles. The van der Waals surface area contributed by atoms with Crippen LogP contribution in [0.1, 0.15) is 39.2 Å². The number of sulfone groups is 1. The molecule has 1 aliphatic rings. The Hall–Kier alpha value is -2.82. The standard InChI is InChI=1S/C27H32ClF3N4O4S2/c1-26(2,3)39-25(36)34-11-9-18(10-12-34)15-41(37,38)21-7-5-19(6-8-21)24-22(27(29,30)31)13-20(14-23(24)28)35(17-40-4)33-16-32/h5-8,13-14,18,33H,9-12,15,17H2,1-4H3. The number of halogens is 4. The highest BCUT2D eigenvalue weighted by Crippen LogP contribution is 2.43. The summed E-state index contributed by atoms with van der Waals surface area (Å²) >= 11 is 7.64. The molecule has 8 nitrogen and oxygen atoms in total. The van der Waals surface area contributed by atoms with Gasteiger partial charge >= 0.3 is 12.3 Å². The number of nitrogens with one attached hydrogen (secondary N) is 1. The predicted molar refractivity (Wildman–Crippen MR) is 154 cm³/mol. The second-order valence-electron chi connectivity index (χ2n) is 10.6. The summed E-state index contributed by atoms with van der Waals surface area (Å²) in [5.74, 6) is -0.134. The summed E-state index contributed by atoms with van der Waals surface area (Å²) in [5, 5.41) is 10.0. The highest BCUT2D eigenvalue weighted by molar-refractivity contribution is 7.98. The summed E-state index contributed by atoms with van der Waals surface area (Å²) in [6, 6.07) is 7.39. The Morgan fingerprint density at radius 1 is 1.20 bits per heavy atom. The third-order valence-corrected chi connectivity index (χ3v) is 9.07. The van der Waals surface area contributed by atoms with E-state index in [4.69, 9.17) is 21.6 Å². The van der Waals surface area contributed by atoms with Crippen molar-refractivity contribution in [1.82, 2.24) is 10.3 Å². The molecule has 224 valence electrons. The molecule has 1 amide bonds. The molecule has 0 spiro atoms. The van der Waals surface area contributed by atoms with Gasteiger partial charge in [0.05, 0.1) is 32.8 Å². The number of hydrazine groups is 1. The lowest BCUT2D eigenvalue weighted by Crippen LogP contribution is -2.42. The topological polar surface area (TPSA) is 103 Å². The lowest BCUT2D eigenvalue weighted by Gasteiger charge is -2.33. The van der Waals surface area contributed by atoms with Crippen LogP contribution in [0, 0.1) is 17.4 Å². The zero-order valence-corrected chi connectivity index (χ0v) is 25.5. The molecule has 1 heterocycles. The molecule has 0 unspecified atom stereocenters. The van der Waals surface area contributed by atoms with E-state index in [2.05, 4.69) is 5.43 Å². The normalized spacial score (nSPS) is 14.9. The van der Waals surface area contributed by atoms with E-state index in [9.17, 15) is 26.4 Å². The van der Waals surface area contributed by atoms with Gasteiger partial charge in [0.2, 0.25) is 0 Å². The number of hydrogen-bond acceptors (Lipinski definition) is 8. The number of benzene rings is 2. The fourth-order valence-corrected chi connectivity index (χ4v) is 6.96. The first-order valence-corrected chi connectivity index (χ1v) is 16.1. The maximum Gasteiger partial charge on any atom is 0.417 e. The van der Waals surface area contributed by atoms with Crippen LogP contribution in [0.3, 0.4) is 0 Å². The van der Waals surface area contributed by atoms with Crippen LogP contribution < -0.4 is 10.4 Å². The molecule has 0 saturated carbocycles. The van der Waals surface area contributed by atoms with Crippen LogP contribution in [0.25, 0.3) is 11.1 Å². The summed E-state index contributed by atoms with van der Waals surface area (Å²) in [6.45, 7) is 6.08. The van der Waals surface area contributed by atoms with E-state index < -0.39 is 33.3 Å². The van der Waals surface area contributed by atoms with Crippen molar-refractivity contribution in [3.8, 4) is 17.3 Å². The molecule has 0 aromatic heterocycles. The van der Waals surface area contributed by atoms with Crippen molar-refractivity contribution in [3.05, 3.63) is 47.0 Å². The molecule has 0 aliphatic carbocycles. The minimum absolute atomic E-state index is 0.0125. The van der Waals surface area contributed by atoms with Gasteiger partial charge < -0.3 is 9.64 Å². The number of rotatable bonds is 8. The Morgan fingerprint density at radius 2 is 1.80 bits per heavy atom. The Morgan fingerprint density at radius 3 is 2.32 bits per heavy atom. The number of carbonyl (C=O) groups excluding carboxylic acids is 1. The first-order valence-electron chi connectivity index (χ1n) is 12.7. The molecule has 0 atom stereocenters. The van der Waals surface area contributed by atoms with Gasteiger partial charge in [-0.3, -0.25) is 5.01 Å². The van der Waals surface area contributed by atoms with E-state index in [0.29, 0.717) is 25.9 Å². The van der Waals surface area contributed by atoms with Gasteiger partial charge in [0.25, 0.3) is 0 Å². The van der Waals surface area contributed by atoms with E-state index in [1.54, 1.807) is 38.1 Å². The van der Waals surface area contributed by atoms with Crippen molar-refractivity contribution >= 4 is 45.0 Å². The number of amides is 1. The van der Waals surface area contributed by atoms with Crippen LogP contribution in [0.15, 0.2) is 41.3 Å². The molecule has 0 radical (unpaired) electrons. The van der Waals surface area contributed by atoms with Crippen molar-refractivity contribution in [3.63, 3.8) is 0 Å². The van der Waals surface area contributed by atoms with E-state index in [1.807, 2.05) is 0 Å². The number of ether oxygens (including phenoxy) is 1. The van der Waals surface area contributed by atoms with Gasteiger partial charge in [-0.25, -0.2) is 18.6 Å². The molecule has 14 heteroatoms. The van der Waals surface area contributed by atoms with Gasteiger partial charge in [-0.1, -0.05) is 23.7 Å². The molecule has 0 bridgehead atoms. The Kier molecular flexibility index (Phi) is 10.4. The molecule has 1 aliphatic heterocycles. The average molecular weight is 633 g/mol. The first kappa shape index (κ1) is 32.7. The third kappa shape index (κ3) is 8.59. The van der Waals surface area contributed by atoms with Gasteiger partial charge in [-0.15, -0.1) is 11.8 Å². The number of carbonyl (C=O) groups is 1. The van der Waals surface area contributed by atoms with Gasteiger partial charge in [-0.2, -0.15) is 18.4 Å². The Bertz CT molecular complexity index is 1380. The van der Waals surface area contributed by atoms with Crippen molar-refractivity contribution in [2.24, 2.45) is 5.92 Å². The number of hydrogen-bond donors (Lipinski definition) is 1. The minimum Gasteiger partial charge on any atom is -0.444 e. The molecule has 2 aromatic rings. The smallest absolute Gasteiger partial charge is 0.417 e. The highest BCUT2D eigenvalue weighted by Gasteiger charge is 2.36. The number of nitrogens with zero attached hydrogens (tertiary/aromatic N) is 3. The Labute approximate surface area is 247 Å². The van der Waals surface area contributed by atoms with E-state index in [-0.39, 0.29) is 44.3 Å². The number of nitriles is 1. The fraction of sp³-hybridized carbons (Fsp3) is 0.481. The van der Waals surface area contributed by atoms with Crippen LogP contribution in [0.4, 0.5) is 23.7 Å². The van der Waals surface area contributed by atoms with Crippen molar-refractivity contribution in [2.75, 3.05) is 36.0 Å². The van der Waals surface area contributed by atoms with Crippen LogP contribution in [-0.4, -0.2) is 56.0 Å². The van der Waals surface area contributed by atoms with Crippen molar-refractivity contribution < 1.29 is 31.1 Å². The lowest BCUT2D eigenvalue weighted by molar-refractivity contribution is -0.137. The number of alkyl halides is 3. The zero-order valence-electron chi connectivity index (χ0n) is 23.1. The van der Waals surface area contributed by atoms with Crippen LogP contribution >= 0.6 is 23.4 Å². The SMILES string of the molecule is CSCN(NC#N)c1cc(Cl)c(-c2ccc(S(=O)(=O)CC3CCN(C(=O)OC(C)(C)C)CC3)cc2)c(C(F)(F)F)c1. The second-order valence-corrected chi connectivity index (χ2v) is 13.9. The average Bonchev–Trinajstić information content (AvgIpc) is 2.87. The van der Waals surface area contributed by atoms with Crippen LogP contribution in [-0.2, 0) is 20.8 Å². The third-order valence-electron chi connectivity index (χ3n) is 6.36. The fourth-order valence-electron chi connectivity index (χ4n) is 4.47. The quantitative estimate of drug-likeness (QED) is 0.151. The predicted octanol–water partition coefficient (Wildman–Crippen LogP) is 6.56. The second kappa shape index (κ2) is 13.0. The summed E-state index contributed by atoms with van der Waals surface area (Å²) in [5.41, 5.74) is 0.563. The summed E-state index contributed by atoms with van der Waals surface area (Å²) < 4.78 is 74.0.